The Morgan fingerprint density at radius 3 is 2.66 bits per heavy atom. The van der Waals surface area contributed by atoms with Crippen molar-refractivity contribution in [1.82, 2.24) is 9.55 Å². The number of hydrogen-bond acceptors (Lipinski definition) is 6. The smallest absolute Gasteiger partial charge is 0.330 e. The average molecular weight is 463 g/mol. The Morgan fingerprint density at radius 2 is 1.94 bits per heavy atom. The van der Waals surface area contributed by atoms with Crippen molar-refractivity contribution < 1.29 is 17.9 Å². The number of aromatic nitrogens is 2. The lowest BCUT2D eigenvalue weighted by molar-refractivity contribution is 0.0745. The highest BCUT2D eigenvalue weighted by atomic mass is 32.2. The Morgan fingerprint density at radius 1 is 1.12 bits per heavy atom. The molecule has 1 aromatic carbocycles. The van der Waals surface area contributed by atoms with Gasteiger partial charge in [-0.2, -0.15) is 0 Å². The molecule has 2 aromatic rings. The predicted octanol–water partition coefficient (Wildman–Crippen LogP) is 2.30. The van der Waals surface area contributed by atoms with Crippen molar-refractivity contribution in [3.63, 3.8) is 0 Å². The van der Waals surface area contributed by atoms with Crippen LogP contribution in [-0.2, 0) is 21.3 Å². The third-order valence-corrected chi connectivity index (χ3v) is 7.74. The van der Waals surface area contributed by atoms with Gasteiger partial charge in [-0.3, -0.25) is 14.3 Å². The summed E-state index contributed by atoms with van der Waals surface area (Å²) in [6.07, 6.45) is 6.28. The van der Waals surface area contributed by atoms with Crippen molar-refractivity contribution in [2.24, 2.45) is 11.8 Å². The second-order valence-electron chi connectivity index (χ2n) is 8.86. The molecule has 0 bridgehead atoms. The minimum Gasteiger partial charge on any atom is -0.493 e. The summed E-state index contributed by atoms with van der Waals surface area (Å²) in [5.74, 6) is 2.06. The van der Waals surface area contributed by atoms with E-state index in [0.29, 0.717) is 18.3 Å². The number of nitrogens with one attached hydrogen (secondary N) is 1. The molecule has 0 aliphatic heterocycles. The number of rotatable bonds is 13. The van der Waals surface area contributed by atoms with Crippen LogP contribution in [0.3, 0.4) is 0 Å². The lowest BCUT2D eigenvalue weighted by Gasteiger charge is -2.18. The molecule has 2 saturated carbocycles. The molecule has 2 aliphatic carbocycles. The summed E-state index contributed by atoms with van der Waals surface area (Å²) < 4.78 is 38.1. The maximum absolute atomic E-state index is 12.8. The molecule has 1 atom stereocenters. The first-order chi connectivity index (χ1) is 15.4. The number of benzene rings is 1. The second-order valence-corrected chi connectivity index (χ2v) is 11.1. The fourth-order valence-electron chi connectivity index (χ4n) is 3.78. The van der Waals surface area contributed by atoms with Crippen LogP contribution >= 0.6 is 0 Å². The van der Waals surface area contributed by atoms with E-state index in [1.807, 2.05) is 24.3 Å². The standard InChI is InChI=1S/C23H30N2O6S/c26-22-9-10-25(23(27)24-22)16-30-11-2-12-32(28,29)15-21(18-7-8-18)19-3-1-4-20(13-19)31-14-17-5-6-17/h1,3-4,9-10,13,17-18,21H,2,5-8,11-12,14-16H2,(H,24,26,27). The molecule has 1 unspecified atom stereocenters. The lowest BCUT2D eigenvalue weighted by atomic mass is 9.96. The minimum atomic E-state index is -3.26. The minimum absolute atomic E-state index is 0.00915. The first-order valence-corrected chi connectivity index (χ1v) is 13.0. The number of nitrogens with zero attached hydrogens (tertiary/aromatic N) is 1. The van der Waals surface area contributed by atoms with Gasteiger partial charge in [0, 0.05) is 24.8 Å². The van der Waals surface area contributed by atoms with Crippen molar-refractivity contribution in [2.45, 2.75) is 44.8 Å². The van der Waals surface area contributed by atoms with E-state index in [0.717, 1.165) is 30.8 Å². The Bertz CT molecular complexity index is 1130. The van der Waals surface area contributed by atoms with Crippen LogP contribution in [0, 0.1) is 11.8 Å². The zero-order valence-electron chi connectivity index (χ0n) is 18.1. The number of ether oxygens (including phenoxy) is 2. The van der Waals surface area contributed by atoms with Crippen molar-refractivity contribution >= 4 is 9.84 Å². The van der Waals surface area contributed by atoms with Crippen LogP contribution in [0.1, 0.15) is 43.6 Å². The third kappa shape index (κ3) is 6.80. The highest BCUT2D eigenvalue weighted by Gasteiger charge is 2.35. The van der Waals surface area contributed by atoms with Crippen LogP contribution in [0.5, 0.6) is 5.75 Å². The molecular weight excluding hydrogens is 432 g/mol. The molecule has 0 saturated heterocycles. The summed E-state index contributed by atoms with van der Waals surface area (Å²) in [5.41, 5.74) is 0.0152. The summed E-state index contributed by atoms with van der Waals surface area (Å²) in [4.78, 5) is 24.8. The van der Waals surface area contributed by atoms with E-state index in [4.69, 9.17) is 9.47 Å². The largest absolute Gasteiger partial charge is 0.493 e. The van der Waals surface area contributed by atoms with Gasteiger partial charge in [-0.25, -0.2) is 13.2 Å². The van der Waals surface area contributed by atoms with Gasteiger partial charge in [0.05, 0.1) is 18.1 Å². The van der Waals surface area contributed by atoms with Gasteiger partial charge in [0.2, 0.25) is 0 Å². The normalized spacial score (nSPS) is 17.2. The Balaban J connectivity index is 1.27. The summed E-state index contributed by atoms with van der Waals surface area (Å²) in [6, 6.07) is 9.14. The summed E-state index contributed by atoms with van der Waals surface area (Å²) >= 11 is 0. The highest BCUT2D eigenvalue weighted by molar-refractivity contribution is 7.91. The molecule has 4 rings (SSSR count). The molecule has 1 heterocycles. The molecule has 0 radical (unpaired) electrons. The molecule has 0 amide bonds. The molecule has 1 aromatic heterocycles. The second kappa shape index (κ2) is 10.0. The van der Waals surface area contributed by atoms with Crippen molar-refractivity contribution in [2.75, 3.05) is 24.7 Å². The summed E-state index contributed by atoms with van der Waals surface area (Å²) in [6.45, 7) is 0.915. The highest BCUT2D eigenvalue weighted by Crippen LogP contribution is 2.44. The van der Waals surface area contributed by atoms with Gasteiger partial charge in [0.25, 0.3) is 5.56 Å². The molecule has 9 heteroatoms. The van der Waals surface area contributed by atoms with Crippen molar-refractivity contribution in [1.29, 1.82) is 0 Å². The third-order valence-electron chi connectivity index (χ3n) is 5.96. The Hall–Kier alpha value is -2.39. The molecule has 8 nitrogen and oxygen atoms in total. The van der Waals surface area contributed by atoms with E-state index in [1.165, 1.54) is 29.7 Å². The Labute approximate surface area is 187 Å². The fraction of sp³-hybridized carbons (Fsp3) is 0.565. The zero-order chi connectivity index (χ0) is 22.6. The van der Waals surface area contributed by atoms with Gasteiger partial charge in [-0.1, -0.05) is 12.1 Å². The first-order valence-electron chi connectivity index (χ1n) is 11.2. The van der Waals surface area contributed by atoms with Gasteiger partial charge in [-0.05, 0) is 61.6 Å². The molecule has 174 valence electrons. The summed E-state index contributed by atoms with van der Waals surface area (Å²) in [7, 11) is -3.26. The topological polar surface area (TPSA) is 107 Å². The predicted molar refractivity (Wildman–Crippen MR) is 121 cm³/mol. The fourth-order valence-corrected chi connectivity index (χ4v) is 5.52. The van der Waals surface area contributed by atoms with E-state index in [1.54, 1.807) is 0 Å². The van der Waals surface area contributed by atoms with Crippen LogP contribution in [0.2, 0.25) is 0 Å². The quantitative estimate of drug-likeness (QED) is 0.458. The van der Waals surface area contributed by atoms with E-state index in [9.17, 15) is 18.0 Å². The molecule has 2 aliphatic rings. The number of sulfone groups is 1. The molecule has 32 heavy (non-hydrogen) atoms. The average Bonchev–Trinajstić information content (AvgIpc) is 3.66. The van der Waals surface area contributed by atoms with Gasteiger partial charge in [-0.15, -0.1) is 0 Å². The van der Waals surface area contributed by atoms with Gasteiger partial charge < -0.3 is 9.47 Å². The molecule has 0 spiro atoms. The van der Waals surface area contributed by atoms with E-state index in [-0.39, 0.29) is 30.8 Å². The van der Waals surface area contributed by atoms with Crippen LogP contribution in [-0.4, -0.2) is 42.7 Å². The van der Waals surface area contributed by atoms with Crippen LogP contribution in [0.15, 0.2) is 46.1 Å². The first kappa shape index (κ1) is 22.8. The summed E-state index contributed by atoms with van der Waals surface area (Å²) in [5, 5.41) is 0. The Kier molecular flexibility index (Phi) is 7.15. The maximum atomic E-state index is 12.8. The zero-order valence-corrected chi connectivity index (χ0v) is 18.9. The van der Waals surface area contributed by atoms with Crippen LogP contribution < -0.4 is 16.0 Å². The molecule has 2 fully saturated rings. The van der Waals surface area contributed by atoms with Crippen molar-refractivity contribution in [3.05, 3.63) is 62.9 Å². The van der Waals surface area contributed by atoms with Gasteiger partial charge in [0.1, 0.15) is 12.5 Å². The van der Waals surface area contributed by atoms with Crippen LogP contribution in [0.4, 0.5) is 0 Å². The molecular formula is C23H30N2O6S. The number of aromatic amines is 1. The van der Waals surface area contributed by atoms with Crippen molar-refractivity contribution in [3.8, 4) is 5.75 Å². The van der Waals surface area contributed by atoms with E-state index < -0.39 is 21.1 Å². The van der Waals surface area contributed by atoms with E-state index in [2.05, 4.69) is 4.98 Å². The number of H-pyrrole nitrogens is 1. The lowest BCUT2D eigenvalue weighted by Crippen LogP contribution is -2.29. The molecule has 1 N–H and O–H groups in total. The number of hydrogen-bond donors (Lipinski definition) is 1. The van der Waals surface area contributed by atoms with Gasteiger partial charge >= 0.3 is 5.69 Å². The monoisotopic (exact) mass is 462 g/mol. The van der Waals surface area contributed by atoms with E-state index >= 15 is 0 Å². The SMILES string of the molecule is O=c1ccn(COCCCS(=O)(=O)CC(c2cccc(OCC3CC3)c2)C2CC2)c(=O)[nH]1. The maximum Gasteiger partial charge on any atom is 0.330 e. The van der Waals surface area contributed by atoms with Gasteiger partial charge in [0.15, 0.2) is 9.84 Å². The van der Waals surface area contributed by atoms with Crippen LogP contribution in [0.25, 0.3) is 0 Å².